The molecule has 0 amide bonds. The van der Waals surface area contributed by atoms with Gasteiger partial charge >= 0.3 is 0 Å². The number of aromatic nitrogens is 1. The van der Waals surface area contributed by atoms with Gasteiger partial charge in [-0.15, -0.1) is 0 Å². The Morgan fingerprint density at radius 3 is 2.87 bits per heavy atom. The van der Waals surface area contributed by atoms with Crippen LogP contribution in [0, 0.1) is 5.92 Å². The Morgan fingerprint density at radius 2 is 2.33 bits per heavy atom. The Balaban J connectivity index is 1.79. The first-order chi connectivity index (χ1) is 7.29. The van der Waals surface area contributed by atoms with E-state index in [-0.39, 0.29) is 0 Å². The lowest BCUT2D eigenvalue weighted by Crippen LogP contribution is -2.30. The molecular formula is C13H22N2. The summed E-state index contributed by atoms with van der Waals surface area (Å²) >= 11 is 0. The zero-order valence-electron chi connectivity index (χ0n) is 9.87. The van der Waals surface area contributed by atoms with Crippen molar-refractivity contribution >= 4 is 0 Å². The van der Waals surface area contributed by atoms with Gasteiger partial charge in [-0.3, -0.25) is 0 Å². The van der Waals surface area contributed by atoms with Gasteiger partial charge in [0.05, 0.1) is 0 Å². The maximum absolute atomic E-state index is 3.70. The van der Waals surface area contributed by atoms with Crippen LogP contribution in [0.3, 0.4) is 0 Å². The third-order valence-corrected chi connectivity index (χ3v) is 3.25. The van der Waals surface area contributed by atoms with Gasteiger partial charge in [0.15, 0.2) is 0 Å². The molecule has 1 heterocycles. The van der Waals surface area contributed by atoms with Gasteiger partial charge in [-0.2, -0.15) is 0 Å². The smallest absolute Gasteiger partial charge is 0.0223 e. The number of hydrogen-bond donors (Lipinski definition) is 1. The van der Waals surface area contributed by atoms with Crippen LogP contribution in [0.25, 0.3) is 0 Å². The quantitative estimate of drug-likeness (QED) is 0.757. The Labute approximate surface area is 92.7 Å². The fourth-order valence-electron chi connectivity index (χ4n) is 2.23. The van der Waals surface area contributed by atoms with Crippen LogP contribution in [0.4, 0.5) is 0 Å². The molecule has 2 rings (SSSR count). The highest BCUT2D eigenvalue weighted by Gasteiger charge is 2.29. The predicted octanol–water partition coefficient (Wildman–Crippen LogP) is 2.69. The molecule has 0 spiro atoms. The SMILES string of the molecule is CCC[C@H](NCc1ccn(C)c1)C1CC1. The molecule has 1 saturated carbocycles. The zero-order valence-corrected chi connectivity index (χ0v) is 9.87. The van der Waals surface area contributed by atoms with Crippen LogP contribution in [-0.2, 0) is 13.6 Å². The van der Waals surface area contributed by atoms with Crippen molar-refractivity contribution in [1.82, 2.24) is 9.88 Å². The van der Waals surface area contributed by atoms with Gasteiger partial charge in [-0.05, 0) is 36.8 Å². The molecule has 0 bridgehead atoms. The van der Waals surface area contributed by atoms with E-state index in [1.54, 1.807) is 0 Å². The number of nitrogens with zero attached hydrogens (tertiary/aromatic N) is 1. The third kappa shape index (κ3) is 3.10. The molecule has 84 valence electrons. The molecule has 0 aliphatic heterocycles. The Morgan fingerprint density at radius 1 is 1.53 bits per heavy atom. The Kier molecular flexibility index (Phi) is 3.47. The van der Waals surface area contributed by atoms with Gasteiger partial charge in [-0.25, -0.2) is 0 Å². The summed E-state index contributed by atoms with van der Waals surface area (Å²) in [5.41, 5.74) is 1.40. The van der Waals surface area contributed by atoms with Gasteiger partial charge < -0.3 is 9.88 Å². The van der Waals surface area contributed by atoms with Crippen LogP contribution in [0.1, 0.15) is 38.2 Å². The van der Waals surface area contributed by atoms with Crippen LogP contribution in [-0.4, -0.2) is 10.6 Å². The van der Waals surface area contributed by atoms with E-state index in [1.165, 1.54) is 31.2 Å². The highest BCUT2D eigenvalue weighted by molar-refractivity contribution is 5.09. The van der Waals surface area contributed by atoms with Crippen molar-refractivity contribution in [1.29, 1.82) is 0 Å². The average molecular weight is 206 g/mol. The van der Waals surface area contributed by atoms with E-state index >= 15 is 0 Å². The highest BCUT2D eigenvalue weighted by Crippen LogP contribution is 2.34. The van der Waals surface area contributed by atoms with E-state index in [9.17, 15) is 0 Å². The summed E-state index contributed by atoms with van der Waals surface area (Å²) < 4.78 is 2.11. The lowest BCUT2D eigenvalue weighted by molar-refractivity contribution is 0.430. The van der Waals surface area contributed by atoms with Crippen molar-refractivity contribution in [2.75, 3.05) is 0 Å². The third-order valence-electron chi connectivity index (χ3n) is 3.25. The van der Waals surface area contributed by atoms with Crippen molar-refractivity contribution in [2.24, 2.45) is 13.0 Å². The minimum atomic E-state index is 0.759. The second-order valence-corrected chi connectivity index (χ2v) is 4.80. The molecule has 15 heavy (non-hydrogen) atoms. The molecular weight excluding hydrogens is 184 g/mol. The molecule has 1 atom stereocenters. The second-order valence-electron chi connectivity index (χ2n) is 4.80. The van der Waals surface area contributed by atoms with Gasteiger partial charge in [0.2, 0.25) is 0 Å². The first-order valence-corrected chi connectivity index (χ1v) is 6.14. The summed E-state index contributed by atoms with van der Waals surface area (Å²) in [5.74, 6) is 0.966. The Bertz CT molecular complexity index is 299. The van der Waals surface area contributed by atoms with Crippen LogP contribution < -0.4 is 5.32 Å². The van der Waals surface area contributed by atoms with E-state index in [4.69, 9.17) is 0 Å². The van der Waals surface area contributed by atoms with Gasteiger partial charge in [0.1, 0.15) is 0 Å². The van der Waals surface area contributed by atoms with Gasteiger partial charge in [-0.1, -0.05) is 13.3 Å². The van der Waals surface area contributed by atoms with E-state index in [0.717, 1.165) is 18.5 Å². The summed E-state index contributed by atoms with van der Waals surface area (Å²) in [6.45, 7) is 3.31. The van der Waals surface area contributed by atoms with Crippen molar-refractivity contribution in [2.45, 2.75) is 45.2 Å². The number of hydrogen-bond acceptors (Lipinski definition) is 1. The van der Waals surface area contributed by atoms with E-state index in [2.05, 4.69) is 42.3 Å². The maximum Gasteiger partial charge on any atom is 0.0223 e. The molecule has 1 fully saturated rings. The van der Waals surface area contributed by atoms with Gasteiger partial charge in [0.25, 0.3) is 0 Å². The molecule has 0 saturated heterocycles. The largest absolute Gasteiger partial charge is 0.357 e. The molecule has 1 aliphatic carbocycles. The lowest BCUT2D eigenvalue weighted by Gasteiger charge is -2.16. The number of nitrogens with one attached hydrogen (secondary N) is 1. The minimum Gasteiger partial charge on any atom is -0.357 e. The molecule has 1 aromatic heterocycles. The molecule has 2 heteroatoms. The molecule has 1 N–H and O–H groups in total. The normalized spacial score (nSPS) is 18.0. The van der Waals surface area contributed by atoms with Crippen molar-refractivity contribution in [3.05, 3.63) is 24.0 Å². The zero-order chi connectivity index (χ0) is 10.7. The Hall–Kier alpha value is -0.760. The van der Waals surface area contributed by atoms with Crippen molar-refractivity contribution in [3.8, 4) is 0 Å². The first kappa shape index (κ1) is 10.7. The standard InChI is InChI=1S/C13H22N2/c1-3-4-13(12-5-6-12)14-9-11-7-8-15(2)10-11/h7-8,10,12-14H,3-6,9H2,1-2H3/t13-/m0/s1. The summed E-state index contributed by atoms with van der Waals surface area (Å²) in [6, 6.07) is 2.96. The van der Waals surface area contributed by atoms with E-state index in [1.807, 2.05) is 0 Å². The molecule has 0 radical (unpaired) electrons. The monoisotopic (exact) mass is 206 g/mol. The summed E-state index contributed by atoms with van der Waals surface area (Å²) in [4.78, 5) is 0. The molecule has 1 aliphatic rings. The highest BCUT2D eigenvalue weighted by atomic mass is 14.9. The minimum absolute atomic E-state index is 0.759. The van der Waals surface area contributed by atoms with Crippen LogP contribution in [0.5, 0.6) is 0 Å². The molecule has 1 aromatic rings. The maximum atomic E-state index is 3.70. The summed E-state index contributed by atoms with van der Waals surface area (Å²) in [5, 5.41) is 3.70. The van der Waals surface area contributed by atoms with Crippen molar-refractivity contribution < 1.29 is 0 Å². The van der Waals surface area contributed by atoms with Crippen LogP contribution in [0.2, 0.25) is 0 Å². The van der Waals surface area contributed by atoms with E-state index < -0.39 is 0 Å². The van der Waals surface area contributed by atoms with E-state index in [0.29, 0.717) is 0 Å². The average Bonchev–Trinajstić information content (AvgIpc) is 2.97. The number of rotatable bonds is 6. The topological polar surface area (TPSA) is 17.0 Å². The summed E-state index contributed by atoms with van der Waals surface area (Å²) in [7, 11) is 2.08. The van der Waals surface area contributed by atoms with Crippen molar-refractivity contribution in [3.63, 3.8) is 0 Å². The fraction of sp³-hybridized carbons (Fsp3) is 0.692. The molecule has 2 nitrogen and oxygen atoms in total. The molecule has 0 aromatic carbocycles. The summed E-state index contributed by atoms with van der Waals surface area (Å²) in [6.07, 6.45) is 9.81. The lowest BCUT2D eigenvalue weighted by atomic mass is 10.1. The fourth-order valence-corrected chi connectivity index (χ4v) is 2.23. The molecule has 0 unspecified atom stereocenters. The predicted molar refractivity (Wildman–Crippen MR) is 63.7 cm³/mol. The number of aryl methyl sites for hydroxylation is 1. The van der Waals surface area contributed by atoms with Crippen LogP contribution >= 0.6 is 0 Å². The van der Waals surface area contributed by atoms with Crippen LogP contribution in [0.15, 0.2) is 18.5 Å². The van der Waals surface area contributed by atoms with Gasteiger partial charge in [0, 0.05) is 32.0 Å². The first-order valence-electron chi connectivity index (χ1n) is 6.14. The second kappa shape index (κ2) is 4.84.